The largest absolute Gasteiger partial charge is 0.393 e. The third kappa shape index (κ3) is 2.91. The fourth-order valence-electron chi connectivity index (χ4n) is 3.99. The number of benzene rings is 1. The summed E-state index contributed by atoms with van der Waals surface area (Å²) < 4.78 is 0. The van der Waals surface area contributed by atoms with Gasteiger partial charge in [-0.25, -0.2) is 0 Å². The lowest BCUT2D eigenvalue weighted by Crippen LogP contribution is -2.30. The smallest absolute Gasteiger partial charge is 0.0734 e. The molecule has 2 saturated carbocycles. The van der Waals surface area contributed by atoms with Crippen LogP contribution >= 0.6 is 0 Å². The predicted octanol–water partition coefficient (Wildman–Crippen LogP) is 3.31. The molecule has 0 amide bonds. The maximum atomic E-state index is 10.7. The number of aryl methyl sites for hydroxylation is 1. The zero-order chi connectivity index (χ0) is 14.0. The molecule has 0 saturated heterocycles. The number of aliphatic hydroxyl groups excluding tert-OH is 1. The van der Waals surface area contributed by atoms with Crippen molar-refractivity contribution in [3.63, 3.8) is 0 Å². The van der Waals surface area contributed by atoms with Crippen LogP contribution in [0.1, 0.15) is 50.5 Å². The molecule has 2 N–H and O–H groups in total. The van der Waals surface area contributed by atoms with Gasteiger partial charge in [0.1, 0.15) is 0 Å². The lowest BCUT2D eigenvalue weighted by molar-refractivity contribution is 0.0135. The quantitative estimate of drug-likeness (QED) is 0.865. The second-order valence-electron chi connectivity index (χ2n) is 6.73. The van der Waals surface area contributed by atoms with Crippen LogP contribution in [0.5, 0.6) is 0 Å². The first-order valence-electron chi connectivity index (χ1n) is 8.14. The van der Waals surface area contributed by atoms with Crippen molar-refractivity contribution >= 4 is 0 Å². The van der Waals surface area contributed by atoms with Crippen LogP contribution in [0.2, 0.25) is 0 Å². The Hall–Kier alpha value is -0.860. The number of rotatable bonds is 5. The summed E-state index contributed by atoms with van der Waals surface area (Å²) in [5.74, 6) is 0.557. The summed E-state index contributed by atoms with van der Waals surface area (Å²) in [5.41, 5.74) is 0.727. The lowest BCUT2D eigenvalue weighted by atomic mass is 9.82. The second kappa shape index (κ2) is 5.87. The SMILES string of the molecule is O[C@H](CCc1ccccc1)[C@@H]1C[C@@]1(O)C1CCCCC1. The summed E-state index contributed by atoms with van der Waals surface area (Å²) in [7, 11) is 0. The van der Waals surface area contributed by atoms with E-state index in [1.165, 1.54) is 24.8 Å². The van der Waals surface area contributed by atoms with E-state index < -0.39 is 5.60 Å². The van der Waals surface area contributed by atoms with E-state index in [1.807, 2.05) is 18.2 Å². The molecule has 20 heavy (non-hydrogen) atoms. The highest BCUT2D eigenvalue weighted by molar-refractivity contribution is 5.16. The molecule has 0 unspecified atom stereocenters. The molecule has 3 rings (SSSR count). The van der Waals surface area contributed by atoms with E-state index >= 15 is 0 Å². The van der Waals surface area contributed by atoms with E-state index in [4.69, 9.17) is 0 Å². The Morgan fingerprint density at radius 3 is 2.50 bits per heavy atom. The van der Waals surface area contributed by atoms with Crippen LogP contribution in [0.4, 0.5) is 0 Å². The van der Waals surface area contributed by atoms with Crippen LogP contribution in [0.3, 0.4) is 0 Å². The Balaban J connectivity index is 1.50. The molecule has 110 valence electrons. The third-order valence-electron chi connectivity index (χ3n) is 5.38. The molecule has 2 nitrogen and oxygen atoms in total. The van der Waals surface area contributed by atoms with Crippen molar-refractivity contribution in [2.45, 2.75) is 63.1 Å². The molecule has 2 heteroatoms. The highest BCUT2D eigenvalue weighted by Gasteiger charge is 2.60. The van der Waals surface area contributed by atoms with Crippen molar-refractivity contribution < 1.29 is 10.2 Å². The van der Waals surface area contributed by atoms with Crippen LogP contribution in [0.15, 0.2) is 30.3 Å². The van der Waals surface area contributed by atoms with Gasteiger partial charge in [-0.3, -0.25) is 0 Å². The summed E-state index contributed by atoms with van der Waals surface area (Å²) in [6, 6.07) is 10.3. The minimum atomic E-state index is -0.545. The average Bonchev–Trinajstić information content (AvgIpc) is 3.20. The molecular weight excluding hydrogens is 248 g/mol. The van der Waals surface area contributed by atoms with Gasteiger partial charge in [0.05, 0.1) is 11.7 Å². The molecule has 1 aromatic carbocycles. The van der Waals surface area contributed by atoms with Crippen LogP contribution in [0, 0.1) is 11.8 Å². The standard InChI is InChI=1S/C18H26O2/c19-17(12-11-14-7-3-1-4-8-14)16-13-18(16,20)15-9-5-2-6-10-15/h1,3-4,7-8,15-17,19-20H,2,5-6,9-13H2/t16-,17+,18+/m0/s1. The van der Waals surface area contributed by atoms with E-state index in [1.54, 1.807) is 0 Å². The summed E-state index contributed by atoms with van der Waals surface area (Å²) in [5, 5.41) is 21.1. The zero-order valence-corrected chi connectivity index (χ0v) is 12.2. The topological polar surface area (TPSA) is 40.5 Å². The molecule has 1 aromatic rings. The Morgan fingerprint density at radius 1 is 1.10 bits per heavy atom. The molecule has 0 aromatic heterocycles. The van der Waals surface area contributed by atoms with Gasteiger partial charge in [-0.15, -0.1) is 0 Å². The van der Waals surface area contributed by atoms with E-state index in [9.17, 15) is 10.2 Å². The van der Waals surface area contributed by atoms with E-state index in [-0.39, 0.29) is 12.0 Å². The molecular formula is C18H26O2. The molecule has 2 fully saturated rings. The van der Waals surface area contributed by atoms with Crippen molar-refractivity contribution in [2.75, 3.05) is 0 Å². The highest BCUT2D eigenvalue weighted by Crippen LogP contribution is 2.55. The minimum Gasteiger partial charge on any atom is -0.393 e. The zero-order valence-electron chi connectivity index (χ0n) is 12.2. The monoisotopic (exact) mass is 274 g/mol. The Kier molecular flexibility index (Phi) is 4.13. The lowest BCUT2D eigenvalue weighted by Gasteiger charge is -2.28. The highest BCUT2D eigenvalue weighted by atomic mass is 16.3. The molecule has 2 aliphatic rings. The minimum absolute atomic E-state index is 0.120. The van der Waals surface area contributed by atoms with Crippen molar-refractivity contribution in [1.29, 1.82) is 0 Å². The maximum absolute atomic E-state index is 10.7. The van der Waals surface area contributed by atoms with Gasteiger partial charge in [-0.2, -0.15) is 0 Å². The average molecular weight is 274 g/mol. The van der Waals surface area contributed by atoms with Gasteiger partial charge in [-0.1, -0.05) is 49.6 Å². The van der Waals surface area contributed by atoms with Gasteiger partial charge >= 0.3 is 0 Å². The van der Waals surface area contributed by atoms with Gasteiger partial charge in [0, 0.05) is 5.92 Å². The van der Waals surface area contributed by atoms with Crippen molar-refractivity contribution in [3.8, 4) is 0 Å². The fraction of sp³-hybridized carbons (Fsp3) is 0.667. The van der Waals surface area contributed by atoms with Crippen molar-refractivity contribution in [3.05, 3.63) is 35.9 Å². The summed E-state index contributed by atoms with van der Waals surface area (Å²) in [4.78, 5) is 0. The van der Waals surface area contributed by atoms with Crippen molar-refractivity contribution in [1.82, 2.24) is 0 Å². The summed E-state index contributed by atoms with van der Waals surface area (Å²) in [6.07, 6.45) is 8.25. The van der Waals surface area contributed by atoms with Gasteiger partial charge in [0.2, 0.25) is 0 Å². The number of aliphatic hydroxyl groups is 2. The van der Waals surface area contributed by atoms with Gasteiger partial charge in [-0.05, 0) is 43.6 Å². The molecule has 0 bridgehead atoms. The molecule has 3 atom stereocenters. The van der Waals surface area contributed by atoms with E-state index in [0.717, 1.165) is 32.1 Å². The Morgan fingerprint density at radius 2 is 1.80 bits per heavy atom. The molecule has 0 aliphatic heterocycles. The van der Waals surface area contributed by atoms with Crippen LogP contribution in [-0.4, -0.2) is 21.9 Å². The number of hydrogen-bond acceptors (Lipinski definition) is 2. The molecule has 0 heterocycles. The number of hydrogen-bond donors (Lipinski definition) is 2. The summed E-state index contributed by atoms with van der Waals surface area (Å²) in [6.45, 7) is 0. The van der Waals surface area contributed by atoms with Crippen molar-refractivity contribution in [2.24, 2.45) is 11.8 Å². The van der Waals surface area contributed by atoms with E-state index in [0.29, 0.717) is 5.92 Å². The van der Waals surface area contributed by atoms with E-state index in [2.05, 4.69) is 12.1 Å². The normalized spacial score (nSPS) is 32.0. The maximum Gasteiger partial charge on any atom is 0.0734 e. The molecule has 2 aliphatic carbocycles. The molecule has 0 spiro atoms. The first-order chi connectivity index (χ1) is 9.70. The predicted molar refractivity (Wildman–Crippen MR) is 80.4 cm³/mol. The first kappa shape index (κ1) is 14.1. The van der Waals surface area contributed by atoms with Gasteiger partial charge in [0.25, 0.3) is 0 Å². The second-order valence-corrected chi connectivity index (χ2v) is 6.73. The van der Waals surface area contributed by atoms with Gasteiger partial charge < -0.3 is 10.2 Å². The van der Waals surface area contributed by atoms with Gasteiger partial charge in [0.15, 0.2) is 0 Å². The van der Waals surface area contributed by atoms with Crippen LogP contribution in [0.25, 0.3) is 0 Å². The van der Waals surface area contributed by atoms with Crippen LogP contribution in [-0.2, 0) is 6.42 Å². The first-order valence-corrected chi connectivity index (χ1v) is 8.14. The molecule has 0 radical (unpaired) electrons. The summed E-state index contributed by atoms with van der Waals surface area (Å²) >= 11 is 0. The fourth-order valence-corrected chi connectivity index (χ4v) is 3.99. The Labute approximate surface area is 121 Å². The van der Waals surface area contributed by atoms with Crippen LogP contribution < -0.4 is 0 Å². The third-order valence-corrected chi connectivity index (χ3v) is 5.38. The Bertz CT molecular complexity index is 424.